The molecule has 45 heavy (non-hydrogen) atoms. The highest BCUT2D eigenvalue weighted by atomic mass is 19.3. The second-order valence-electron chi connectivity index (χ2n) is 16.6. The van der Waals surface area contributed by atoms with Crippen LogP contribution in [-0.4, -0.2) is 31.0 Å². The molecular formula is C40H82F4O. The number of alkyl halides is 4. The number of ether oxygens (including phenoxy) is 1. The Balaban J connectivity index is -0.000000520. The lowest BCUT2D eigenvalue weighted by Crippen LogP contribution is -2.43. The van der Waals surface area contributed by atoms with E-state index in [1.165, 1.54) is 19.3 Å². The largest absolute Gasteiger partial charge is 0.380 e. The van der Waals surface area contributed by atoms with Crippen molar-refractivity contribution in [1.82, 2.24) is 0 Å². The number of halogens is 4. The highest BCUT2D eigenvalue weighted by Gasteiger charge is 2.47. The van der Waals surface area contributed by atoms with Gasteiger partial charge in [-0.15, -0.1) is 0 Å². The van der Waals surface area contributed by atoms with Gasteiger partial charge in [-0.05, 0) is 67.6 Å². The topological polar surface area (TPSA) is 9.23 Å². The van der Waals surface area contributed by atoms with Gasteiger partial charge in [0.1, 0.15) is 5.67 Å². The molecule has 0 spiro atoms. The van der Waals surface area contributed by atoms with Gasteiger partial charge in [-0.1, -0.05) is 149 Å². The van der Waals surface area contributed by atoms with Crippen LogP contribution in [0.15, 0.2) is 0 Å². The van der Waals surface area contributed by atoms with Crippen molar-refractivity contribution in [2.24, 2.45) is 27.1 Å². The van der Waals surface area contributed by atoms with Crippen LogP contribution in [-0.2, 0) is 4.74 Å². The van der Waals surface area contributed by atoms with Crippen LogP contribution in [0.25, 0.3) is 0 Å². The van der Waals surface area contributed by atoms with Gasteiger partial charge in [0.15, 0.2) is 0 Å². The molecule has 1 aliphatic heterocycles. The van der Waals surface area contributed by atoms with Crippen LogP contribution >= 0.6 is 0 Å². The smallest absolute Gasteiger partial charge is 0.245 e. The van der Waals surface area contributed by atoms with E-state index < -0.39 is 17.8 Å². The minimum atomic E-state index is -2.51. The van der Waals surface area contributed by atoms with Crippen LogP contribution in [0.5, 0.6) is 0 Å². The van der Waals surface area contributed by atoms with Crippen LogP contribution in [0.3, 0.4) is 0 Å². The summed E-state index contributed by atoms with van der Waals surface area (Å²) in [5.41, 5.74) is 0.567. The Morgan fingerprint density at radius 3 is 1.13 bits per heavy atom. The Morgan fingerprint density at radius 2 is 0.956 bits per heavy atom. The maximum Gasteiger partial charge on any atom is 0.245 e. The summed E-state index contributed by atoms with van der Waals surface area (Å²) in [6, 6.07) is 0. The molecule has 2 rings (SSSR count). The van der Waals surface area contributed by atoms with Crippen LogP contribution in [0, 0.1) is 27.1 Å². The lowest BCUT2D eigenvalue weighted by molar-refractivity contribution is -0.123. The van der Waals surface area contributed by atoms with Crippen molar-refractivity contribution in [3.05, 3.63) is 0 Å². The van der Waals surface area contributed by atoms with Gasteiger partial charge >= 0.3 is 0 Å². The molecule has 0 bridgehead atoms. The number of rotatable bonds is 16. The highest BCUT2D eigenvalue weighted by molar-refractivity contribution is 4.98. The van der Waals surface area contributed by atoms with E-state index >= 15 is 0 Å². The second kappa shape index (κ2) is 20.9. The van der Waals surface area contributed by atoms with E-state index in [9.17, 15) is 17.6 Å². The van der Waals surface area contributed by atoms with E-state index in [0.717, 1.165) is 77.9 Å². The molecule has 1 aliphatic carbocycles. The summed E-state index contributed by atoms with van der Waals surface area (Å²) in [6.07, 6.45) is 12.4. The van der Waals surface area contributed by atoms with Crippen LogP contribution in [0.2, 0.25) is 0 Å². The average Bonchev–Trinajstić information content (AvgIpc) is 3.67. The van der Waals surface area contributed by atoms with Gasteiger partial charge < -0.3 is 4.74 Å². The van der Waals surface area contributed by atoms with Crippen molar-refractivity contribution in [1.29, 1.82) is 0 Å². The summed E-state index contributed by atoms with van der Waals surface area (Å²) < 4.78 is 56.4. The first-order valence-corrected chi connectivity index (χ1v) is 18.2. The van der Waals surface area contributed by atoms with Crippen molar-refractivity contribution in [3.8, 4) is 0 Å². The first-order chi connectivity index (χ1) is 19.9. The Morgan fingerprint density at radius 1 is 0.622 bits per heavy atom. The van der Waals surface area contributed by atoms with Gasteiger partial charge in [0, 0.05) is 11.8 Å². The molecule has 2 aliphatic rings. The fourth-order valence-corrected chi connectivity index (χ4v) is 6.13. The van der Waals surface area contributed by atoms with Crippen molar-refractivity contribution < 1.29 is 22.3 Å². The normalized spacial score (nSPS) is 17.9. The zero-order valence-electron chi connectivity index (χ0n) is 32.3. The lowest BCUT2D eigenvalue weighted by Gasteiger charge is -2.44. The van der Waals surface area contributed by atoms with E-state index in [-0.39, 0.29) is 30.1 Å². The zero-order valence-corrected chi connectivity index (χ0v) is 32.3. The maximum absolute atomic E-state index is 13.4. The SMILES string of the molecule is C.CCC(C)(CC)CC(C)(F)F.CCC(C)(CC)CC(C)F.CCC(C)(CC)CC1(C)COC1.CCC(C)(CC)CC1(F)CC1. The Hall–Kier alpha value is -0.320. The number of hydrogen-bond acceptors (Lipinski definition) is 1. The summed E-state index contributed by atoms with van der Waals surface area (Å²) >= 11 is 0. The molecule has 0 aromatic rings. The molecule has 0 radical (unpaired) electrons. The molecule has 276 valence electrons. The van der Waals surface area contributed by atoms with Gasteiger partial charge in [-0.2, -0.15) is 0 Å². The summed E-state index contributed by atoms with van der Waals surface area (Å²) in [4.78, 5) is 0. The molecule has 1 atom stereocenters. The van der Waals surface area contributed by atoms with E-state index in [1.807, 2.05) is 20.8 Å². The number of hydrogen-bond donors (Lipinski definition) is 0. The van der Waals surface area contributed by atoms with E-state index in [1.54, 1.807) is 6.92 Å². The molecule has 5 heteroatoms. The predicted octanol–water partition coefficient (Wildman–Crippen LogP) is 15.0. The van der Waals surface area contributed by atoms with Crippen molar-refractivity contribution in [2.75, 3.05) is 13.2 Å². The molecule has 1 nitrogen and oxygen atoms in total. The van der Waals surface area contributed by atoms with Crippen LogP contribution < -0.4 is 0 Å². The van der Waals surface area contributed by atoms with Gasteiger partial charge in [0.25, 0.3) is 0 Å². The third-order valence-corrected chi connectivity index (χ3v) is 11.6. The molecule has 1 unspecified atom stereocenters. The Labute approximate surface area is 281 Å². The molecule has 1 saturated carbocycles. The molecule has 0 aromatic carbocycles. The van der Waals surface area contributed by atoms with Gasteiger partial charge in [-0.3, -0.25) is 0 Å². The molecule has 2 fully saturated rings. The second-order valence-corrected chi connectivity index (χ2v) is 16.6. The summed E-state index contributed by atoms with van der Waals surface area (Å²) in [5, 5.41) is 0. The van der Waals surface area contributed by atoms with E-state index in [2.05, 4.69) is 69.2 Å². The zero-order chi connectivity index (χ0) is 35.1. The lowest BCUT2D eigenvalue weighted by atomic mass is 9.69. The maximum atomic E-state index is 13.4. The monoisotopic (exact) mass is 655 g/mol. The molecule has 1 heterocycles. The van der Waals surface area contributed by atoms with Gasteiger partial charge in [0.2, 0.25) is 5.92 Å². The quantitative estimate of drug-likeness (QED) is 0.151. The van der Waals surface area contributed by atoms with Crippen molar-refractivity contribution in [2.45, 2.75) is 219 Å². The molecule has 1 saturated heterocycles. The van der Waals surface area contributed by atoms with Gasteiger partial charge in [-0.25, -0.2) is 17.6 Å². The van der Waals surface area contributed by atoms with Crippen molar-refractivity contribution >= 4 is 0 Å². The molecular weight excluding hydrogens is 572 g/mol. The van der Waals surface area contributed by atoms with Crippen LogP contribution in [0.1, 0.15) is 201 Å². The predicted molar refractivity (Wildman–Crippen MR) is 193 cm³/mol. The highest BCUT2D eigenvalue weighted by Crippen LogP contribution is 2.50. The third kappa shape index (κ3) is 21.3. The minimum Gasteiger partial charge on any atom is -0.380 e. The van der Waals surface area contributed by atoms with E-state index in [0.29, 0.717) is 17.3 Å². The standard InChI is InChI=1S/C11H22O.C10H19F.C9H18F2.C9H19F.CH4/c1-5-10(3,6-2)7-11(4)8-12-9-11;1-4-9(3,5-2)8-10(11)6-7-10;1-5-8(3,6-2)7-9(4,10)11;1-5-9(4,6-2)7-8(3)10;/h5-9H2,1-4H3;4-8H2,1-3H3;5-7H2,1-4H3;8H,5-7H2,1-4H3;1H4. The third-order valence-electron chi connectivity index (χ3n) is 11.6. The van der Waals surface area contributed by atoms with Gasteiger partial charge in [0.05, 0.1) is 19.4 Å². The Bertz CT molecular complexity index is 696. The Kier molecular flexibility index (Phi) is 22.8. The summed E-state index contributed by atoms with van der Waals surface area (Å²) in [7, 11) is 0. The average molecular weight is 655 g/mol. The summed E-state index contributed by atoms with van der Waals surface area (Å²) in [6.45, 7) is 32.7. The molecule has 0 N–H and O–H groups in total. The van der Waals surface area contributed by atoms with Crippen molar-refractivity contribution in [3.63, 3.8) is 0 Å². The molecule has 0 amide bonds. The fourth-order valence-electron chi connectivity index (χ4n) is 6.13. The minimum absolute atomic E-state index is 0. The fraction of sp³-hybridized carbons (Fsp3) is 1.00. The first kappa shape index (κ1) is 49.1. The molecule has 0 aromatic heterocycles. The van der Waals surface area contributed by atoms with E-state index in [4.69, 9.17) is 4.74 Å². The van der Waals surface area contributed by atoms with Crippen LogP contribution in [0.4, 0.5) is 17.6 Å². The summed E-state index contributed by atoms with van der Waals surface area (Å²) in [5.74, 6) is -2.51. The first-order valence-electron chi connectivity index (χ1n) is 18.2.